The monoisotopic (exact) mass is 232 g/mol. The summed E-state index contributed by atoms with van der Waals surface area (Å²) < 4.78 is 10.7. The molecule has 0 radical (unpaired) electrons. The van der Waals surface area contributed by atoms with E-state index < -0.39 is 10.8 Å². The maximum absolute atomic E-state index is 10.7. The van der Waals surface area contributed by atoms with E-state index in [2.05, 4.69) is 10.3 Å². The van der Waals surface area contributed by atoms with Crippen LogP contribution >= 0.6 is 11.6 Å². The van der Waals surface area contributed by atoms with Crippen molar-refractivity contribution in [2.45, 2.75) is 6.42 Å². The van der Waals surface area contributed by atoms with Gasteiger partial charge in [-0.3, -0.25) is 4.21 Å². The van der Waals surface area contributed by atoms with Crippen molar-refractivity contribution < 1.29 is 4.21 Å². The van der Waals surface area contributed by atoms with Crippen molar-refractivity contribution in [2.24, 2.45) is 0 Å². The Hall–Kier alpha value is -0.610. The molecule has 0 saturated carbocycles. The number of pyridine rings is 1. The third-order valence-electron chi connectivity index (χ3n) is 1.64. The van der Waals surface area contributed by atoms with Gasteiger partial charge < -0.3 is 5.32 Å². The van der Waals surface area contributed by atoms with Gasteiger partial charge in [0.2, 0.25) is 0 Å². The Kier molecular flexibility index (Phi) is 4.90. The average Bonchev–Trinajstić information content (AvgIpc) is 2.15. The molecule has 0 fully saturated rings. The summed E-state index contributed by atoms with van der Waals surface area (Å²) >= 11 is 5.68. The predicted molar refractivity (Wildman–Crippen MR) is 61.3 cm³/mol. The molecule has 0 aromatic carbocycles. The van der Waals surface area contributed by atoms with Crippen molar-refractivity contribution in [3.63, 3.8) is 0 Å². The Labute approximate surface area is 91.3 Å². The van der Waals surface area contributed by atoms with Crippen LogP contribution in [-0.4, -0.2) is 27.7 Å². The van der Waals surface area contributed by atoms with E-state index in [1.54, 1.807) is 18.5 Å². The van der Waals surface area contributed by atoms with Gasteiger partial charge in [-0.05, 0) is 18.6 Å². The minimum absolute atomic E-state index is 0.630. The zero-order valence-corrected chi connectivity index (χ0v) is 9.57. The lowest BCUT2D eigenvalue weighted by atomic mass is 10.4. The number of rotatable bonds is 5. The number of hydrogen-bond acceptors (Lipinski definition) is 3. The molecule has 0 spiro atoms. The summed E-state index contributed by atoms with van der Waals surface area (Å²) in [6.45, 7) is 0.786. The molecule has 0 saturated heterocycles. The largest absolute Gasteiger partial charge is 0.370 e. The molecule has 0 amide bonds. The van der Waals surface area contributed by atoms with E-state index in [1.165, 1.54) is 0 Å². The number of nitrogens with one attached hydrogen (secondary N) is 1. The highest BCUT2D eigenvalue weighted by atomic mass is 35.5. The smallest absolute Gasteiger partial charge is 0.125 e. The van der Waals surface area contributed by atoms with Crippen LogP contribution in [0.3, 0.4) is 0 Å². The van der Waals surface area contributed by atoms with E-state index in [0.717, 1.165) is 24.5 Å². The van der Waals surface area contributed by atoms with Crippen LogP contribution in [0.4, 0.5) is 5.82 Å². The van der Waals surface area contributed by atoms with Gasteiger partial charge in [-0.2, -0.15) is 0 Å². The second kappa shape index (κ2) is 5.98. The maximum Gasteiger partial charge on any atom is 0.125 e. The Bertz CT molecular complexity index is 302. The first-order chi connectivity index (χ1) is 6.68. The number of anilines is 1. The van der Waals surface area contributed by atoms with Crippen LogP contribution in [0.2, 0.25) is 5.02 Å². The van der Waals surface area contributed by atoms with Crippen molar-refractivity contribution >= 4 is 28.2 Å². The fraction of sp³-hybridized carbons (Fsp3) is 0.444. The van der Waals surface area contributed by atoms with E-state index in [9.17, 15) is 4.21 Å². The van der Waals surface area contributed by atoms with Crippen molar-refractivity contribution in [2.75, 3.05) is 23.9 Å². The Morgan fingerprint density at radius 1 is 1.57 bits per heavy atom. The molecule has 1 rings (SSSR count). The van der Waals surface area contributed by atoms with Gasteiger partial charge in [0.25, 0.3) is 0 Å². The molecule has 1 unspecified atom stereocenters. The number of nitrogens with zero attached hydrogens (tertiary/aromatic N) is 1. The minimum Gasteiger partial charge on any atom is -0.370 e. The lowest BCUT2D eigenvalue weighted by Crippen LogP contribution is -2.06. The van der Waals surface area contributed by atoms with Gasteiger partial charge in [-0.1, -0.05) is 11.6 Å². The van der Waals surface area contributed by atoms with Crippen molar-refractivity contribution in [3.05, 3.63) is 23.4 Å². The predicted octanol–water partition coefficient (Wildman–Crippen LogP) is 1.92. The zero-order chi connectivity index (χ0) is 10.4. The Morgan fingerprint density at radius 3 is 2.93 bits per heavy atom. The quantitative estimate of drug-likeness (QED) is 0.789. The highest BCUT2D eigenvalue weighted by Gasteiger charge is 1.94. The summed E-state index contributed by atoms with van der Waals surface area (Å²) in [5.41, 5.74) is 0. The number of hydrogen-bond donors (Lipinski definition) is 1. The van der Waals surface area contributed by atoms with Gasteiger partial charge in [0.05, 0.1) is 5.02 Å². The molecule has 78 valence electrons. The number of halogens is 1. The standard InChI is InChI=1S/C9H13ClN2OS/c1-14(13)6-2-5-11-9-4-3-8(10)7-12-9/h3-4,7H,2,5-6H2,1H3,(H,11,12). The van der Waals surface area contributed by atoms with Crippen molar-refractivity contribution in [1.29, 1.82) is 0 Å². The molecule has 0 bridgehead atoms. The van der Waals surface area contributed by atoms with Crippen molar-refractivity contribution in [3.8, 4) is 0 Å². The fourth-order valence-electron chi connectivity index (χ4n) is 0.972. The summed E-state index contributed by atoms with van der Waals surface area (Å²) in [6.07, 6.45) is 4.19. The van der Waals surface area contributed by atoms with Crippen LogP contribution in [-0.2, 0) is 10.8 Å². The third-order valence-corrected chi connectivity index (χ3v) is 2.73. The highest BCUT2D eigenvalue weighted by Crippen LogP contribution is 2.09. The third kappa shape index (κ3) is 4.58. The molecule has 0 aliphatic carbocycles. The van der Waals surface area contributed by atoms with Gasteiger partial charge >= 0.3 is 0 Å². The summed E-state index contributed by atoms with van der Waals surface area (Å²) in [6, 6.07) is 3.61. The van der Waals surface area contributed by atoms with E-state index in [4.69, 9.17) is 11.6 Å². The van der Waals surface area contributed by atoms with Gasteiger partial charge in [-0.15, -0.1) is 0 Å². The van der Waals surface area contributed by atoms with Crippen LogP contribution in [0.25, 0.3) is 0 Å². The highest BCUT2D eigenvalue weighted by molar-refractivity contribution is 7.84. The molecule has 5 heteroatoms. The average molecular weight is 233 g/mol. The molecule has 1 atom stereocenters. The summed E-state index contributed by atoms with van der Waals surface area (Å²) in [7, 11) is -0.709. The van der Waals surface area contributed by atoms with E-state index >= 15 is 0 Å². The van der Waals surface area contributed by atoms with Gasteiger partial charge in [0.15, 0.2) is 0 Å². The second-order valence-electron chi connectivity index (χ2n) is 2.92. The van der Waals surface area contributed by atoms with E-state index in [0.29, 0.717) is 5.02 Å². The number of aromatic nitrogens is 1. The molecule has 0 aliphatic rings. The molecule has 1 aromatic heterocycles. The van der Waals surface area contributed by atoms with Gasteiger partial charge in [0, 0.05) is 35.5 Å². The fourth-order valence-corrected chi connectivity index (χ4v) is 1.63. The van der Waals surface area contributed by atoms with E-state index in [-0.39, 0.29) is 0 Å². The first kappa shape index (κ1) is 11.5. The van der Waals surface area contributed by atoms with Gasteiger partial charge in [-0.25, -0.2) is 4.98 Å². The topological polar surface area (TPSA) is 42.0 Å². The molecular weight excluding hydrogens is 220 g/mol. The first-order valence-corrected chi connectivity index (χ1v) is 6.44. The molecule has 1 heterocycles. The van der Waals surface area contributed by atoms with Crippen LogP contribution in [0.5, 0.6) is 0 Å². The molecule has 3 nitrogen and oxygen atoms in total. The van der Waals surface area contributed by atoms with Gasteiger partial charge in [0.1, 0.15) is 5.82 Å². The normalized spacial score (nSPS) is 12.4. The van der Waals surface area contributed by atoms with Crippen LogP contribution in [0.15, 0.2) is 18.3 Å². The van der Waals surface area contributed by atoms with Crippen LogP contribution in [0.1, 0.15) is 6.42 Å². The summed E-state index contributed by atoms with van der Waals surface area (Å²) in [5, 5.41) is 3.75. The van der Waals surface area contributed by atoms with E-state index in [1.807, 2.05) is 6.07 Å². The molecule has 1 aromatic rings. The summed E-state index contributed by atoms with van der Waals surface area (Å²) in [5.74, 6) is 1.52. The Balaban J connectivity index is 2.25. The van der Waals surface area contributed by atoms with Crippen LogP contribution in [0, 0.1) is 0 Å². The first-order valence-electron chi connectivity index (χ1n) is 4.34. The lowest BCUT2D eigenvalue weighted by Gasteiger charge is -2.03. The molecule has 0 aliphatic heterocycles. The minimum atomic E-state index is -0.709. The molecular formula is C9H13ClN2OS. The maximum atomic E-state index is 10.7. The molecule has 1 N–H and O–H groups in total. The second-order valence-corrected chi connectivity index (χ2v) is 4.91. The lowest BCUT2D eigenvalue weighted by molar-refractivity contribution is 0.685. The van der Waals surface area contributed by atoms with Crippen LogP contribution < -0.4 is 5.32 Å². The Morgan fingerprint density at radius 2 is 2.36 bits per heavy atom. The van der Waals surface area contributed by atoms with Crippen molar-refractivity contribution in [1.82, 2.24) is 4.98 Å². The SMILES string of the molecule is CS(=O)CCCNc1ccc(Cl)cn1. The summed E-state index contributed by atoms with van der Waals surface area (Å²) in [4.78, 5) is 4.08. The molecule has 14 heavy (non-hydrogen) atoms. The zero-order valence-electron chi connectivity index (χ0n) is 8.00.